The van der Waals surface area contributed by atoms with Crippen molar-refractivity contribution in [1.29, 1.82) is 0 Å². The fourth-order valence-electron chi connectivity index (χ4n) is 0.752. The average molecular weight is 139 g/mol. The van der Waals surface area contributed by atoms with Crippen molar-refractivity contribution in [2.75, 3.05) is 5.32 Å². The summed E-state index contributed by atoms with van der Waals surface area (Å²) in [6.45, 7) is 6.33. The Bertz CT molecular complexity index is 183. The van der Waals surface area contributed by atoms with Crippen molar-refractivity contribution in [3.63, 3.8) is 0 Å². The van der Waals surface area contributed by atoms with E-state index >= 15 is 0 Å². The highest BCUT2D eigenvalue weighted by atomic mass is 15.1. The van der Waals surface area contributed by atoms with E-state index < -0.39 is 0 Å². The van der Waals surface area contributed by atoms with Crippen LogP contribution >= 0.6 is 0 Å². The maximum atomic E-state index is 3.82. The summed E-state index contributed by atoms with van der Waals surface area (Å²) in [5.41, 5.74) is 1.15. The van der Waals surface area contributed by atoms with Gasteiger partial charge >= 0.3 is 0 Å². The fourth-order valence-corrected chi connectivity index (χ4v) is 0.752. The molecular formula is C7H13N3. The van der Waals surface area contributed by atoms with Crippen LogP contribution in [0.1, 0.15) is 20.8 Å². The zero-order chi connectivity index (χ0) is 7.61. The van der Waals surface area contributed by atoms with E-state index in [1.807, 2.05) is 6.20 Å². The normalized spacial score (nSPS) is 11.5. The molecular weight excluding hydrogens is 126 g/mol. The van der Waals surface area contributed by atoms with Gasteiger partial charge in [0.2, 0.25) is 0 Å². The van der Waals surface area contributed by atoms with E-state index in [4.69, 9.17) is 0 Å². The minimum Gasteiger partial charge on any atom is -0.378 e. The van der Waals surface area contributed by atoms with Crippen molar-refractivity contribution in [3.05, 3.63) is 12.4 Å². The van der Waals surface area contributed by atoms with Gasteiger partial charge in [0, 0.05) is 11.7 Å². The molecule has 0 saturated heterocycles. The number of nitrogens with one attached hydrogen (secondary N) is 2. The standard InChI is InChI=1S/C7H13N3/c1-7(2,3)10-6-4-8-9-5-6/h4-5,10H,1-3H3,(H,8,9). The first-order valence-electron chi connectivity index (χ1n) is 3.35. The van der Waals surface area contributed by atoms with Gasteiger partial charge in [-0.2, -0.15) is 5.10 Å². The first-order valence-corrected chi connectivity index (χ1v) is 3.35. The molecule has 1 aromatic rings. The second-order valence-corrected chi connectivity index (χ2v) is 3.36. The van der Waals surface area contributed by atoms with Crippen LogP contribution in [0.4, 0.5) is 5.69 Å². The zero-order valence-corrected chi connectivity index (χ0v) is 6.60. The Kier molecular flexibility index (Phi) is 1.66. The highest BCUT2D eigenvalue weighted by Crippen LogP contribution is 2.10. The summed E-state index contributed by atoms with van der Waals surface area (Å²) in [6, 6.07) is 0. The number of hydrogen-bond donors (Lipinski definition) is 2. The molecule has 0 spiro atoms. The molecule has 1 heterocycles. The quantitative estimate of drug-likeness (QED) is 0.620. The lowest BCUT2D eigenvalue weighted by molar-refractivity contribution is 0.634. The van der Waals surface area contributed by atoms with Gasteiger partial charge in [0.05, 0.1) is 11.9 Å². The summed E-state index contributed by atoms with van der Waals surface area (Å²) in [4.78, 5) is 0. The van der Waals surface area contributed by atoms with Crippen molar-refractivity contribution in [3.8, 4) is 0 Å². The Morgan fingerprint density at radius 3 is 2.60 bits per heavy atom. The van der Waals surface area contributed by atoms with E-state index in [9.17, 15) is 0 Å². The van der Waals surface area contributed by atoms with Crippen molar-refractivity contribution in [1.82, 2.24) is 10.2 Å². The van der Waals surface area contributed by atoms with Gasteiger partial charge in [0.1, 0.15) is 0 Å². The lowest BCUT2D eigenvalue weighted by atomic mass is 10.1. The van der Waals surface area contributed by atoms with E-state index in [0.717, 1.165) is 5.69 Å². The van der Waals surface area contributed by atoms with Crippen LogP contribution in [0.25, 0.3) is 0 Å². The van der Waals surface area contributed by atoms with E-state index in [0.29, 0.717) is 0 Å². The van der Waals surface area contributed by atoms with Gasteiger partial charge in [-0.1, -0.05) is 0 Å². The van der Waals surface area contributed by atoms with Gasteiger partial charge in [-0.05, 0) is 20.8 Å². The Morgan fingerprint density at radius 2 is 2.20 bits per heavy atom. The highest BCUT2D eigenvalue weighted by molar-refractivity contribution is 5.39. The first kappa shape index (κ1) is 7.12. The molecule has 0 atom stereocenters. The smallest absolute Gasteiger partial charge is 0.0727 e. The molecule has 2 N–H and O–H groups in total. The van der Waals surface area contributed by atoms with Crippen molar-refractivity contribution in [2.24, 2.45) is 0 Å². The van der Waals surface area contributed by atoms with Gasteiger partial charge in [0.25, 0.3) is 0 Å². The SMILES string of the molecule is CC(C)(C)Nc1cn[nH]c1. The number of rotatable bonds is 1. The number of H-pyrrole nitrogens is 1. The van der Waals surface area contributed by atoms with Gasteiger partial charge in [0.15, 0.2) is 0 Å². The van der Waals surface area contributed by atoms with Crippen LogP contribution in [-0.2, 0) is 0 Å². The molecule has 0 amide bonds. The Hall–Kier alpha value is -0.990. The van der Waals surface area contributed by atoms with E-state index in [1.165, 1.54) is 0 Å². The molecule has 0 aromatic carbocycles. The van der Waals surface area contributed by atoms with Gasteiger partial charge in [-0.15, -0.1) is 0 Å². The molecule has 56 valence electrons. The van der Waals surface area contributed by atoms with Gasteiger partial charge < -0.3 is 5.32 Å². The molecule has 0 saturated carbocycles. The largest absolute Gasteiger partial charge is 0.378 e. The summed E-state index contributed by atoms with van der Waals surface area (Å²) in [5.74, 6) is 0. The summed E-state index contributed by atoms with van der Waals surface area (Å²) in [7, 11) is 0. The predicted octanol–water partition coefficient (Wildman–Crippen LogP) is 1.62. The highest BCUT2D eigenvalue weighted by Gasteiger charge is 2.08. The summed E-state index contributed by atoms with van der Waals surface area (Å²) < 4.78 is 0. The van der Waals surface area contributed by atoms with Crippen LogP contribution in [0.15, 0.2) is 12.4 Å². The molecule has 0 aliphatic carbocycles. The van der Waals surface area contributed by atoms with E-state index in [1.54, 1.807) is 6.20 Å². The van der Waals surface area contributed by atoms with E-state index in [-0.39, 0.29) is 5.54 Å². The molecule has 0 unspecified atom stereocenters. The molecule has 0 aliphatic rings. The lowest BCUT2D eigenvalue weighted by Crippen LogP contribution is -2.25. The third-order valence-electron chi connectivity index (χ3n) is 1.02. The summed E-state index contributed by atoms with van der Waals surface area (Å²) >= 11 is 0. The number of anilines is 1. The second-order valence-electron chi connectivity index (χ2n) is 3.36. The monoisotopic (exact) mass is 139 g/mol. The van der Waals surface area contributed by atoms with Gasteiger partial charge in [-0.3, -0.25) is 5.10 Å². The Balaban J connectivity index is 2.57. The number of aromatic amines is 1. The Labute approximate surface area is 60.8 Å². The number of aromatic nitrogens is 2. The van der Waals surface area contributed by atoms with Crippen LogP contribution in [0, 0.1) is 0 Å². The number of hydrogen-bond acceptors (Lipinski definition) is 2. The number of nitrogens with zero attached hydrogens (tertiary/aromatic N) is 1. The molecule has 1 rings (SSSR count). The van der Waals surface area contributed by atoms with Crippen LogP contribution in [0.3, 0.4) is 0 Å². The molecule has 3 nitrogen and oxygen atoms in total. The summed E-state index contributed by atoms with van der Waals surface area (Å²) in [5, 5.41) is 9.83. The van der Waals surface area contributed by atoms with Crippen LogP contribution in [-0.4, -0.2) is 15.7 Å². The van der Waals surface area contributed by atoms with Gasteiger partial charge in [-0.25, -0.2) is 0 Å². The van der Waals surface area contributed by atoms with Crippen LogP contribution in [0.5, 0.6) is 0 Å². The molecule has 10 heavy (non-hydrogen) atoms. The van der Waals surface area contributed by atoms with Crippen LogP contribution in [0.2, 0.25) is 0 Å². The average Bonchev–Trinajstić information content (AvgIpc) is 2.12. The molecule has 0 radical (unpaired) electrons. The molecule has 0 bridgehead atoms. The van der Waals surface area contributed by atoms with Crippen molar-refractivity contribution < 1.29 is 0 Å². The zero-order valence-electron chi connectivity index (χ0n) is 6.60. The van der Waals surface area contributed by atoms with Crippen molar-refractivity contribution in [2.45, 2.75) is 26.3 Å². The van der Waals surface area contributed by atoms with Crippen LogP contribution < -0.4 is 5.32 Å². The van der Waals surface area contributed by atoms with E-state index in [2.05, 4.69) is 36.3 Å². The Morgan fingerprint density at radius 1 is 1.50 bits per heavy atom. The third-order valence-corrected chi connectivity index (χ3v) is 1.02. The molecule has 0 aliphatic heterocycles. The van der Waals surface area contributed by atoms with Crippen molar-refractivity contribution >= 4 is 5.69 Å². The third kappa shape index (κ3) is 2.09. The lowest BCUT2D eigenvalue weighted by Gasteiger charge is -2.20. The first-order chi connectivity index (χ1) is 4.58. The fraction of sp³-hybridized carbons (Fsp3) is 0.571. The maximum absolute atomic E-state index is 3.82. The molecule has 1 aromatic heterocycles. The minimum absolute atomic E-state index is 0.115. The molecule has 0 fully saturated rings. The minimum atomic E-state index is 0.115. The summed E-state index contributed by atoms with van der Waals surface area (Å²) in [6.07, 6.45) is 3.61. The topological polar surface area (TPSA) is 40.7 Å². The predicted molar refractivity (Wildman–Crippen MR) is 42.0 cm³/mol. The molecule has 3 heteroatoms. The second kappa shape index (κ2) is 2.33. The maximum Gasteiger partial charge on any atom is 0.0727 e.